The Labute approximate surface area is 148 Å². The van der Waals surface area contributed by atoms with Crippen molar-refractivity contribution in [1.82, 2.24) is 0 Å². The van der Waals surface area contributed by atoms with Crippen LogP contribution in [0.25, 0.3) is 11.1 Å². The van der Waals surface area contributed by atoms with Crippen molar-refractivity contribution >= 4 is 11.9 Å². The summed E-state index contributed by atoms with van der Waals surface area (Å²) in [5, 5.41) is 19.1. The molecule has 0 saturated carbocycles. The number of aromatic carboxylic acids is 1. The van der Waals surface area contributed by atoms with E-state index in [4.69, 9.17) is 0 Å². The smallest absolute Gasteiger partial charge is 0.336 e. The summed E-state index contributed by atoms with van der Waals surface area (Å²) in [5.74, 6) is -2.61. The molecule has 4 heteroatoms. The lowest BCUT2D eigenvalue weighted by atomic mass is 9.89. The summed E-state index contributed by atoms with van der Waals surface area (Å²) in [6, 6.07) is 14.2. The third kappa shape index (κ3) is 4.92. The minimum Gasteiger partial charge on any atom is -0.481 e. The fourth-order valence-corrected chi connectivity index (χ4v) is 3.03. The van der Waals surface area contributed by atoms with Gasteiger partial charge in [0, 0.05) is 0 Å². The maximum absolute atomic E-state index is 11.7. The molecule has 4 nitrogen and oxygen atoms in total. The van der Waals surface area contributed by atoms with Gasteiger partial charge in [0.25, 0.3) is 0 Å². The monoisotopic (exact) mass is 340 g/mol. The van der Waals surface area contributed by atoms with Gasteiger partial charge >= 0.3 is 11.9 Å². The number of carbonyl (C=O) groups is 2. The summed E-state index contributed by atoms with van der Waals surface area (Å²) in [5.41, 5.74) is 2.11. The molecule has 132 valence electrons. The Balaban J connectivity index is 2.33. The average Bonchev–Trinajstić information content (AvgIpc) is 2.61. The van der Waals surface area contributed by atoms with Crippen molar-refractivity contribution in [3.63, 3.8) is 0 Å². The van der Waals surface area contributed by atoms with E-state index in [9.17, 15) is 19.8 Å². The Bertz CT molecular complexity index is 722. The van der Waals surface area contributed by atoms with E-state index in [1.807, 2.05) is 30.3 Å². The van der Waals surface area contributed by atoms with Gasteiger partial charge in [-0.1, -0.05) is 75.1 Å². The molecular formula is C21H24O4. The van der Waals surface area contributed by atoms with Crippen molar-refractivity contribution in [2.75, 3.05) is 0 Å². The lowest BCUT2D eigenvalue weighted by Crippen LogP contribution is -2.13. The van der Waals surface area contributed by atoms with E-state index in [1.165, 1.54) is 6.07 Å². The van der Waals surface area contributed by atoms with Gasteiger partial charge in [-0.05, 0) is 29.2 Å². The SMILES string of the molecule is CCCCCCC(C(=O)O)c1ccc(-c2ccccc2)c(C(=O)O)c1. The second kappa shape index (κ2) is 9.02. The number of hydrogen-bond acceptors (Lipinski definition) is 2. The molecule has 0 aromatic heterocycles. The maximum Gasteiger partial charge on any atom is 0.336 e. The highest BCUT2D eigenvalue weighted by Crippen LogP contribution is 2.30. The van der Waals surface area contributed by atoms with Crippen LogP contribution in [-0.4, -0.2) is 22.2 Å². The molecule has 0 aliphatic rings. The van der Waals surface area contributed by atoms with Crippen LogP contribution in [0, 0.1) is 0 Å². The standard InChI is InChI=1S/C21H24O4/c1-2-3-4-8-11-18(20(22)23)16-12-13-17(19(14-16)21(24)25)15-9-6-5-7-10-15/h5-7,9-10,12-14,18H,2-4,8,11H2,1H3,(H,22,23)(H,24,25). The third-order valence-electron chi connectivity index (χ3n) is 4.41. The number of carboxylic acid groups (broad SMARTS) is 2. The van der Waals surface area contributed by atoms with E-state index in [0.29, 0.717) is 17.5 Å². The Morgan fingerprint density at radius 1 is 0.960 bits per heavy atom. The quantitative estimate of drug-likeness (QED) is 0.616. The average molecular weight is 340 g/mol. The molecule has 0 bridgehead atoms. The predicted molar refractivity (Wildman–Crippen MR) is 98.0 cm³/mol. The largest absolute Gasteiger partial charge is 0.481 e. The highest BCUT2D eigenvalue weighted by Gasteiger charge is 2.22. The number of benzene rings is 2. The van der Waals surface area contributed by atoms with Crippen LogP contribution in [0.5, 0.6) is 0 Å². The molecule has 0 aliphatic heterocycles. The molecule has 0 heterocycles. The van der Waals surface area contributed by atoms with Crippen LogP contribution in [-0.2, 0) is 4.79 Å². The van der Waals surface area contributed by atoms with Gasteiger partial charge < -0.3 is 10.2 Å². The molecule has 0 aliphatic carbocycles. The minimum atomic E-state index is -1.05. The molecule has 25 heavy (non-hydrogen) atoms. The number of aliphatic carboxylic acids is 1. The molecule has 0 fully saturated rings. The number of hydrogen-bond donors (Lipinski definition) is 2. The van der Waals surface area contributed by atoms with E-state index in [-0.39, 0.29) is 5.56 Å². The summed E-state index contributed by atoms with van der Waals surface area (Å²) >= 11 is 0. The first-order chi connectivity index (χ1) is 12.0. The number of carboxylic acids is 2. The topological polar surface area (TPSA) is 74.6 Å². The van der Waals surface area contributed by atoms with Crippen LogP contribution in [0.3, 0.4) is 0 Å². The highest BCUT2D eigenvalue weighted by atomic mass is 16.4. The Kier molecular flexibility index (Phi) is 6.75. The zero-order valence-electron chi connectivity index (χ0n) is 14.4. The second-order valence-corrected chi connectivity index (χ2v) is 6.22. The van der Waals surface area contributed by atoms with Gasteiger partial charge in [0.1, 0.15) is 0 Å². The lowest BCUT2D eigenvalue weighted by molar-refractivity contribution is -0.139. The zero-order valence-corrected chi connectivity index (χ0v) is 14.4. The molecular weight excluding hydrogens is 316 g/mol. The second-order valence-electron chi connectivity index (χ2n) is 6.22. The van der Waals surface area contributed by atoms with Crippen LogP contribution in [0.2, 0.25) is 0 Å². The van der Waals surface area contributed by atoms with Crippen LogP contribution in [0.4, 0.5) is 0 Å². The van der Waals surface area contributed by atoms with Crippen molar-refractivity contribution in [1.29, 1.82) is 0 Å². The van der Waals surface area contributed by atoms with Gasteiger partial charge in [0.15, 0.2) is 0 Å². The van der Waals surface area contributed by atoms with Crippen LogP contribution < -0.4 is 0 Å². The molecule has 0 amide bonds. The van der Waals surface area contributed by atoms with E-state index >= 15 is 0 Å². The summed E-state index contributed by atoms with van der Waals surface area (Å²) in [4.78, 5) is 23.3. The van der Waals surface area contributed by atoms with Crippen molar-refractivity contribution < 1.29 is 19.8 Å². The normalized spacial score (nSPS) is 11.9. The Hall–Kier alpha value is -2.62. The first kappa shape index (κ1) is 18.7. The predicted octanol–water partition coefficient (Wildman–Crippen LogP) is 5.19. The molecule has 0 radical (unpaired) electrons. The molecule has 2 aromatic rings. The Morgan fingerprint density at radius 3 is 2.28 bits per heavy atom. The highest BCUT2D eigenvalue weighted by molar-refractivity contribution is 5.96. The van der Waals surface area contributed by atoms with Gasteiger partial charge in [-0.15, -0.1) is 0 Å². The summed E-state index contributed by atoms with van der Waals surface area (Å²) in [6.07, 6.45) is 4.52. The molecule has 2 N–H and O–H groups in total. The molecule has 1 unspecified atom stereocenters. The first-order valence-electron chi connectivity index (χ1n) is 8.70. The van der Waals surface area contributed by atoms with Gasteiger partial charge in [-0.3, -0.25) is 4.79 Å². The van der Waals surface area contributed by atoms with Gasteiger partial charge in [0.05, 0.1) is 11.5 Å². The molecule has 0 saturated heterocycles. The van der Waals surface area contributed by atoms with E-state index in [1.54, 1.807) is 12.1 Å². The van der Waals surface area contributed by atoms with Crippen LogP contribution in [0.15, 0.2) is 48.5 Å². The Morgan fingerprint density at radius 2 is 1.68 bits per heavy atom. The lowest BCUT2D eigenvalue weighted by Gasteiger charge is -2.15. The number of rotatable bonds is 9. The van der Waals surface area contributed by atoms with Gasteiger partial charge in [0.2, 0.25) is 0 Å². The molecule has 1 atom stereocenters. The van der Waals surface area contributed by atoms with Crippen molar-refractivity contribution in [3.05, 3.63) is 59.7 Å². The summed E-state index contributed by atoms with van der Waals surface area (Å²) < 4.78 is 0. The molecule has 2 aromatic carbocycles. The fourth-order valence-electron chi connectivity index (χ4n) is 3.03. The molecule has 0 spiro atoms. The number of unbranched alkanes of at least 4 members (excludes halogenated alkanes) is 3. The van der Waals surface area contributed by atoms with Crippen LogP contribution >= 0.6 is 0 Å². The maximum atomic E-state index is 11.7. The summed E-state index contributed by atoms with van der Waals surface area (Å²) in [7, 11) is 0. The fraction of sp³-hybridized carbons (Fsp3) is 0.333. The summed E-state index contributed by atoms with van der Waals surface area (Å²) in [6.45, 7) is 2.11. The van der Waals surface area contributed by atoms with E-state index < -0.39 is 17.9 Å². The van der Waals surface area contributed by atoms with Crippen molar-refractivity contribution in [3.8, 4) is 11.1 Å². The van der Waals surface area contributed by atoms with E-state index in [2.05, 4.69) is 6.92 Å². The van der Waals surface area contributed by atoms with Crippen molar-refractivity contribution in [2.45, 2.75) is 44.9 Å². The van der Waals surface area contributed by atoms with E-state index in [0.717, 1.165) is 31.2 Å². The zero-order chi connectivity index (χ0) is 18.2. The third-order valence-corrected chi connectivity index (χ3v) is 4.41. The minimum absolute atomic E-state index is 0.142. The van der Waals surface area contributed by atoms with Crippen molar-refractivity contribution in [2.24, 2.45) is 0 Å². The first-order valence-corrected chi connectivity index (χ1v) is 8.70. The van der Waals surface area contributed by atoms with Crippen LogP contribution in [0.1, 0.15) is 60.9 Å². The van der Waals surface area contributed by atoms with Gasteiger partial charge in [-0.25, -0.2) is 4.79 Å². The van der Waals surface area contributed by atoms with Gasteiger partial charge in [-0.2, -0.15) is 0 Å². The molecule has 2 rings (SSSR count).